The molecule has 0 aromatic rings. The van der Waals surface area contributed by atoms with Crippen molar-refractivity contribution in [2.24, 2.45) is 5.92 Å². The summed E-state index contributed by atoms with van der Waals surface area (Å²) in [7, 11) is 0. The average Bonchev–Trinajstić information content (AvgIpc) is 3.17. The molecule has 3 rings (SSSR count). The summed E-state index contributed by atoms with van der Waals surface area (Å²) in [4.78, 5) is 14.8. The van der Waals surface area contributed by atoms with Gasteiger partial charge in [-0.2, -0.15) is 0 Å². The van der Waals surface area contributed by atoms with Crippen molar-refractivity contribution in [1.29, 1.82) is 0 Å². The summed E-state index contributed by atoms with van der Waals surface area (Å²) in [6, 6.07) is 0.627. The van der Waals surface area contributed by atoms with Crippen molar-refractivity contribution in [3.05, 3.63) is 0 Å². The smallest absolute Gasteiger partial charge is 0.323 e. The average molecular weight is 280 g/mol. The van der Waals surface area contributed by atoms with Gasteiger partial charge >= 0.3 is 5.97 Å². The Morgan fingerprint density at radius 2 is 1.80 bits per heavy atom. The third-order valence-electron chi connectivity index (χ3n) is 5.28. The number of carbonyl (C=O) groups excluding carboxylic acids is 1. The molecule has 3 aliphatic rings. The Hall–Kier alpha value is -0.610. The van der Waals surface area contributed by atoms with Crippen molar-refractivity contribution in [3.63, 3.8) is 0 Å². The zero-order chi connectivity index (χ0) is 13.8. The second-order valence-corrected chi connectivity index (χ2v) is 6.66. The van der Waals surface area contributed by atoms with Crippen molar-refractivity contribution < 1.29 is 9.53 Å². The fourth-order valence-corrected chi connectivity index (χ4v) is 4.09. The third kappa shape index (κ3) is 3.34. The second-order valence-electron chi connectivity index (χ2n) is 6.66. The number of esters is 1. The molecule has 114 valence electrons. The van der Waals surface area contributed by atoms with Gasteiger partial charge in [0, 0.05) is 6.04 Å². The molecule has 1 saturated carbocycles. The van der Waals surface area contributed by atoms with E-state index in [1.807, 2.05) is 0 Å². The van der Waals surface area contributed by atoms with Gasteiger partial charge < -0.3 is 10.1 Å². The van der Waals surface area contributed by atoms with Gasteiger partial charge in [-0.3, -0.25) is 9.69 Å². The molecule has 0 radical (unpaired) electrons. The first kappa shape index (κ1) is 14.3. The molecule has 2 aliphatic heterocycles. The number of likely N-dealkylation sites (tertiary alicyclic amines) is 1. The number of carbonyl (C=O) groups is 1. The van der Waals surface area contributed by atoms with E-state index in [0.717, 1.165) is 32.5 Å². The van der Waals surface area contributed by atoms with Crippen LogP contribution in [0.2, 0.25) is 0 Å². The Kier molecular flexibility index (Phi) is 4.94. The van der Waals surface area contributed by atoms with Crippen LogP contribution in [-0.4, -0.2) is 49.2 Å². The van der Waals surface area contributed by atoms with Crippen molar-refractivity contribution in [2.45, 2.75) is 63.5 Å². The van der Waals surface area contributed by atoms with Crippen LogP contribution in [0, 0.1) is 5.92 Å². The fraction of sp³-hybridized carbons (Fsp3) is 0.938. The topological polar surface area (TPSA) is 41.6 Å². The first-order valence-electron chi connectivity index (χ1n) is 8.47. The minimum absolute atomic E-state index is 0.0412. The van der Waals surface area contributed by atoms with Crippen LogP contribution in [0.1, 0.15) is 51.4 Å². The van der Waals surface area contributed by atoms with Crippen LogP contribution < -0.4 is 5.32 Å². The van der Waals surface area contributed by atoms with E-state index >= 15 is 0 Å². The minimum Gasteiger partial charge on any atom is -0.464 e. The Labute approximate surface area is 122 Å². The fourth-order valence-electron chi connectivity index (χ4n) is 4.09. The number of piperidine rings is 1. The highest BCUT2D eigenvalue weighted by atomic mass is 16.5. The maximum Gasteiger partial charge on any atom is 0.323 e. The molecule has 4 nitrogen and oxygen atoms in total. The van der Waals surface area contributed by atoms with Gasteiger partial charge in [0.15, 0.2) is 0 Å². The first-order chi connectivity index (χ1) is 9.84. The molecule has 0 spiro atoms. The quantitative estimate of drug-likeness (QED) is 0.799. The molecule has 0 amide bonds. The largest absolute Gasteiger partial charge is 0.464 e. The second kappa shape index (κ2) is 6.90. The van der Waals surface area contributed by atoms with Gasteiger partial charge in [-0.25, -0.2) is 0 Å². The molecule has 0 bridgehead atoms. The van der Waals surface area contributed by atoms with Gasteiger partial charge in [0.25, 0.3) is 0 Å². The highest BCUT2D eigenvalue weighted by molar-refractivity contribution is 5.76. The number of hydrogen-bond acceptors (Lipinski definition) is 4. The summed E-state index contributed by atoms with van der Waals surface area (Å²) in [5.41, 5.74) is 0. The number of nitrogens with zero attached hydrogens (tertiary/aromatic N) is 1. The van der Waals surface area contributed by atoms with Gasteiger partial charge in [-0.1, -0.05) is 12.8 Å². The lowest BCUT2D eigenvalue weighted by Gasteiger charge is -2.34. The summed E-state index contributed by atoms with van der Waals surface area (Å²) in [6.45, 7) is 3.92. The van der Waals surface area contributed by atoms with E-state index in [-0.39, 0.29) is 12.0 Å². The minimum atomic E-state index is 0.0412. The van der Waals surface area contributed by atoms with Gasteiger partial charge in [0.1, 0.15) is 6.04 Å². The van der Waals surface area contributed by atoms with Crippen LogP contribution in [-0.2, 0) is 9.53 Å². The zero-order valence-electron chi connectivity index (χ0n) is 12.5. The SMILES string of the molecule is O=C(OCC1CCCC1)C1CCCN1C1CCNCC1. The summed E-state index contributed by atoms with van der Waals surface area (Å²) in [5, 5.41) is 3.40. The zero-order valence-corrected chi connectivity index (χ0v) is 12.5. The Balaban J connectivity index is 1.49. The summed E-state index contributed by atoms with van der Waals surface area (Å²) in [6.07, 6.45) is 9.60. The van der Waals surface area contributed by atoms with Gasteiger partial charge in [-0.15, -0.1) is 0 Å². The molecular weight excluding hydrogens is 252 g/mol. The van der Waals surface area contributed by atoms with Crippen LogP contribution in [0.4, 0.5) is 0 Å². The van der Waals surface area contributed by atoms with E-state index in [4.69, 9.17) is 4.74 Å². The molecule has 3 fully saturated rings. The highest BCUT2D eigenvalue weighted by Crippen LogP contribution is 2.27. The summed E-state index contributed by atoms with van der Waals surface area (Å²) < 4.78 is 5.63. The first-order valence-corrected chi connectivity index (χ1v) is 8.47. The molecule has 4 heteroatoms. The molecule has 2 saturated heterocycles. The van der Waals surface area contributed by atoms with Gasteiger partial charge in [0.05, 0.1) is 6.61 Å². The van der Waals surface area contributed by atoms with E-state index < -0.39 is 0 Å². The van der Waals surface area contributed by atoms with Crippen LogP contribution >= 0.6 is 0 Å². The van der Waals surface area contributed by atoms with E-state index in [1.54, 1.807) is 0 Å². The van der Waals surface area contributed by atoms with Gasteiger partial charge in [0.2, 0.25) is 0 Å². The number of nitrogens with one attached hydrogen (secondary N) is 1. The van der Waals surface area contributed by atoms with Crippen LogP contribution in [0.3, 0.4) is 0 Å². The Morgan fingerprint density at radius 1 is 1.05 bits per heavy atom. The highest BCUT2D eigenvalue weighted by Gasteiger charge is 2.37. The Morgan fingerprint density at radius 3 is 2.55 bits per heavy atom. The lowest BCUT2D eigenvalue weighted by Crippen LogP contribution is -2.48. The molecule has 1 unspecified atom stereocenters. The van der Waals surface area contributed by atoms with Crippen LogP contribution in [0.15, 0.2) is 0 Å². The Bertz CT molecular complexity index is 322. The molecule has 0 aromatic heterocycles. The normalized spacial score (nSPS) is 29.9. The lowest BCUT2D eigenvalue weighted by atomic mass is 10.0. The number of hydrogen-bond donors (Lipinski definition) is 1. The summed E-state index contributed by atoms with van der Waals surface area (Å²) >= 11 is 0. The summed E-state index contributed by atoms with van der Waals surface area (Å²) in [5.74, 6) is 0.681. The van der Waals surface area contributed by atoms with Crippen molar-refractivity contribution in [1.82, 2.24) is 10.2 Å². The van der Waals surface area contributed by atoms with Gasteiger partial charge in [-0.05, 0) is 64.1 Å². The lowest BCUT2D eigenvalue weighted by molar-refractivity contribution is -0.151. The van der Waals surface area contributed by atoms with Crippen molar-refractivity contribution in [2.75, 3.05) is 26.2 Å². The maximum atomic E-state index is 12.4. The number of rotatable bonds is 4. The van der Waals surface area contributed by atoms with Crippen molar-refractivity contribution in [3.8, 4) is 0 Å². The molecule has 2 heterocycles. The standard InChI is InChI=1S/C16H28N2O2/c19-16(20-12-13-4-1-2-5-13)15-6-3-11-18(15)14-7-9-17-10-8-14/h13-15,17H,1-12H2. The van der Waals surface area contributed by atoms with E-state index in [0.29, 0.717) is 18.6 Å². The monoisotopic (exact) mass is 280 g/mol. The predicted molar refractivity (Wildman–Crippen MR) is 78.5 cm³/mol. The van der Waals surface area contributed by atoms with E-state index in [1.165, 1.54) is 38.5 Å². The number of ether oxygens (including phenoxy) is 1. The molecule has 20 heavy (non-hydrogen) atoms. The maximum absolute atomic E-state index is 12.4. The van der Waals surface area contributed by atoms with Crippen LogP contribution in [0.5, 0.6) is 0 Å². The van der Waals surface area contributed by atoms with Crippen molar-refractivity contribution >= 4 is 5.97 Å². The molecule has 0 aromatic carbocycles. The van der Waals surface area contributed by atoms with Crippen LogP contribution in [0.25, 0.3) is 0 Å². The van der Waals surface area contributed by atoms with E-state index in [2.05, 4.69) is 10.2 Å². The molecule has 1 aliphatic carbocycles. The third-order valence-corrected chi connectivity index (χ3v) is 5.28. The molecule has 1 atom stereocenters. The molecule has 1 N–H and O–H groups in total. The van der Waals surface area contributed by atoms with E-state index in [9.17, 15) is 4.79 Å². The molecular formula is C16H28N2O2. The predicted octanol–water partition coefficient (Wildman–Crippen LogP) is 1.94.